The molecular formula is C27H36O6. The van der Waals surface area contributed by atoms with Crippen molar-refractivity contribution in [2.75, 3.05) is 14.2 Å². The Morgan fingerprint density at radius 1 is 0.727 bits per heavy atom. The summed E-state index contributed by atoms with van der Waals surface area (Å²) < 4.78 is 28.3. The summed E-state index contributed by atoms with van der Waals surface area (Å²) in [5, 5.41) is 0. The number of benzene rings is 2. The quantitative estimate of drug-likeness (QED) is 0.225. The van der Waals surface area contributed by atoms with Crippen LogP contribution < -0.4 is 9.47 Å². The minimum Gasteiger partial charge on any atom is -0.465 e. The minimum absolute atomic E-state index is 0.202. The first-order chi connectivity index (χ1) is 15.7. The molecule has 2 unspecified atom stereocenters. The SMILES string of the molecule is C=C(C)C(=O)OC(c1ccc(OC(OC)C(C)C)cc1)c1ccc(OC(OC)C(C)C)cc1. The molecule has 0 bridgehead atoms. The largest absolute Gasteiger partial charge is 0.465 e. The Kier molecular flexibility index (Phi) is 9.95. The van der Waals surface area contributed by atoms with Crippen LogP contribution in [0, 0.1) is 11.8 Å². The summed E-state index contributed by atoms with van der Waals surface area (Å²) in [6, 6.07) is 14.9. The molecule has 6 heteroatoms. The van der Waals surface area contributed by atoms with Gasteiger partial charge in [-0.05, 0) is 42.3 Å². The first-order valence-corrected chi connectivity index (χ1v) is 11.1. The van der Waals surface area contributed by atoms with E-state index in [2.05, 4.69) is 6.58 Å². The van der Waals surface area contributed by atoms with Crippen molar-refractivity contribution >= 4 is 5.97 Å². The number of rotatable bonds is 12. The molecule has 0 saturated heterocycles. The van der Waals surface area contributed by atoms with E-state index < -0.39 is 12.1 Å². The lowest BCUT2D eigenvalue weighted by atomic mass is 10.0. The Labute approximate surface area is 197 Å². The highest BCUT2D eigenvalue weighted by molar-refractivity contribution is 5.87. The molecule has 2 atom stereocenters. The van der Waals surface area contributed by atoms with Gasteiger partial charge in [0.15, 0.2) is 6.10 Å². The molecule has 6 nitrogen and oxygen atoms in total. The Hall–Kier alpha value is -2.83. The lowest BCUT2D eigenvalue weighted by Gasteiger charge is -2.23. The number of methoxy groups -OCH3 is 2. The predicted octanol–water partition coefficient (Wildman–Crippen LogP) is 5.91. The Morgan fingerprint density at radius 3 is 1.36 bits per heavy atom. The molecule has 0 heterocycles. The number of hydrogen-bond acceptors (Lipinski definition) is 6. The second-order valence-corrected chi connectivity index (χ2v) is 8.64. The van der Waals surface area contributed by atoms with Crippen LogP contribution >= 0.6 is 0 Å². The Morgan fingerprint density at radius 2 is 1.09 bits per heavy atom. The molecule has 0 aliphatic carbocycles. The maximum absolute atomic E-state index is 12.3. The van der Waals surface area contributed by atoms with E-state index >= 15 is 0 Å². The third kappa shape index (κ3) is 7.62. The fourth-order valence-electron chi connectivity index (χ4n) is 3.16. The smallest absolute Gasteiger partial charge is 0.334 e. The molecule has 0 aromatic heterocycles. The lowest BCUT2D eigenvalue weighted by Crippen LogP contribution is -2.25. The summed E-state index contributed by atoms with van der Waals surface area (Å²) in [5.41, 5.74) is 1.95. The van der Waals surface area contributed by atoms with E-state index in [0.29, 0.717) is 17.1 Å². The van der Waals surface area contributed by atoms with Crippen molar-refractivity contribution in [1.82, 2.24) is 0 Å². The van der Waals surface area contributed by atoms with E-state index in [1.807, 2.05) is 76.2 Å². The van der Waals surface area contributed by atoms with E-state index in [1.54, 1.807) is 21.1 Å². The van der Waals surface area contributed by atoms with Gasteiger partial charge in [-0.15, -0.1) is 0 Å². The van der Waals surface area contributed by atoms with Crippen molar-refractivity contribution in [3.63, 3.8) is 0 Å². The maximum atomic E-state index is 12.3. The third-order valence-corrected chi connectivity index (χ3v) is 5.00. The molecule has 2 aromatic carbocycles. The molecule has 0 spiro atoms. The van der Waals surface area contributed by atoms with Crippen molar-refractivity contribution in [2.24, 2.45) is 11.8 Å². The van der Waals surface area contributed by atoms with Crippen LogP contribution in [0.25, 0.3) is 0 Å². The summed E-state index contributed by atoms with van der Waals surface area (Å²) >= 11 is 0. The van der Waals surface area contributed by atoms with Gasteiger partial charge in [-0.2, -0.15) is 0 Å². The van der Waals surface area contributed by atoms with Gasteiger partial charge in [0.25, 0.3) is 0 Å². The fourth-order valence-corrected chi connectivity index (χ4v) is 3.16. The highest BCUT2D eigenvalue weighted by atomic mass is 16.7. The van der Waals surface area contributed by atoms with Gasteiger partial charge in [-0.1, -0.05) is 58.5 Å². The maximum Gasteiger partial charge on any atom is 0.334 e. The molecule has 0 N–H and O–H groups in total. The van der Waals surface area contributed by atoms with Crippen LogP contribution in [0.1, 0.15) is 51.8 Å². The second-order valence-electron chi connectivity index (χ2n) is 8.64. The average Bonchev–Trinajstić information content (AvgIpc) is 2.79. The van der Waals surface area contributed by atoms with Crippen LogP contribution in [-0.2, 0) is 19.0 Å². The van der Waals surface area contributed by atoms with E-state index in [-0.39, 0.29) is 24.4 Å². The van der Waals surface area contributed by atoms with Gasteiger partial charge in [0, 0.05) is 31.6 Å². The molecule has 0 fully saturated rings. The van der Waals surface area contributed by atoms with Gasteiger partial charge in [0.2, 0.25) is 12.6 Å². The summed E-state index contributed by atoms with van der Waals surface area (Å²) in [5.74, 6) is 1.29. The fraction of sp³-hybridized carbons (Fsp3) is 0.444. The van der Waals surface area contributed by atoms with Crippen LogP contribution in [0.3, 0.4) is 0 Å². The standard InChI is InChI=1S/C27H36O6/c1-17(2)25(28)33-24(20-9-13-22(14-10-20)31-26(29-7)18(3)4)21-11-15-23(16-12-21)32-27(30-8)19(5)6/h9-16,18-19,24,26-27H,1H2,2-8H3. The molecule has 2 aromatic rings. The highest BCUT2D eigenvalue weighted by Crippen LogP contribution is 2.30. The Balaban J connectivity index is 2.28. The van der Waals surface area contributed by atoms with Crippen LogP contribution in [0.4, 0.5) is 0 Å². The number of carbonyl (C=O) groups is 1. The first kappa shape index (κ1) is 26.4. The second kappa shape index (κ2) is 12.4. The molecule has 33 heavy (non-hydrogen) atoms. The third-order valence-electron chi connectivity index (χ3n) is 5.00. The number of hydrogen-bond donors (Lipinski definition) is 0. The summed E-state index contributed by atoms with van der Waals surface area (Å²) in [6.45, 7) is 13.4. The van der Waals surface area contributed by atoms with Crippen LogP contribution in [0.5, 0.6) is 11.5 Å². The van der Waals surface area contributed by atoms with Crippen LogP contribution in [0.2, 0.25) is 0 Å². The van der Waals surface area contributed by atoms with Gasteiger partial charge >= 0.3 is 5.97 Å². The van der Waals surface area contributed by atoms with Crippen molar-refractivity contribution < 1.29 is 28.5 Å². The van der Waals surface area contributed by atoms with Gasteiger partial charge < -0.3 is 23.7 Å². The highest BCUT2D eigenvalue weighted by Gasteiger charge is 2.21. The van der Waals surface area contributed by atoms with Gasteiger partial charge in [0.05, 0.1) is 0 Å². The molecule has 180 valence electrons. The zero-order valence-corrected chi connectivity index (χ0v) is 20.7. The molecule has 0 aliphatic heterocycles. The predicted molar refractivity (Wildman–Crippen MR) is 128 cm³/mol. The van der Waals surface area contributed by atoms with E-state index in [4.69, 9.17) is 23.7 Å². The topological polar surface area (TPSA) is 63.2 Å². The van der Waals surface area contributed by atoms with Crippen molar-refractivity contribution in [3.05, 3.63) is 71.8 Å². The van der Waals surface area contributed by atoms with Crippen molar-refractivity contribution in [1.29, 1.82) is 0 Å². The summed E-state index contributed by atoms with van der Waals surface area (Å²) in [4.78, 5) is 12.3. The van der Waals surface area contributed by atoms with E-state index in [0.717, 1.165) is 11.1 Å². The number of esters is 1. The zero-order chi connectivity index (χ0) is 24.5. The van der Waals surface area contributed by atoms with Crippen LogP contribution in [0.15, 0.2) is 60.7 Å². The van der Waals surface area contributed by atoms with Gasteiger partial charge in [0.1, 0.15) is 11.5 Å². The molecule has 0 radical (unpaired) electrons. The van der Waals surface area contributed by atoms with Crippen molar-refractivity contribution in [3.8, 4) is 11.5 Å². The molecular weight excluding hydrogens is 420 g/mol. The summed E-state index contributed by atoms with van der Waals surface area (Å²) in [7, 11) is 3.24. The number of ether oxygens (including phenoxy) is 5. The van der Waals surface area contributed by atoms with Crippen LogP contribution in [-0.4, -0.2) is 32.8 Å². The average molecular weight is 457 g/mol. The van der Waals surface area contributed by atoms with Gasteiger partial charge in [-0.25, -0.2) is 4.79 Å². The molecule has 0 saturated carbocycles. The molecule has 2 rings (SSSR count). The summed E-state index contributed by atoms with van der Waals surface area (Å²) in [6.07, 6.45) is -1.30. The number of carbonyl (C=O) groups excluding carboxylic acids is 1. The lowest BCUT2D eigenvalue weighted by molar-refractivity contribution is -0.142. The van der Waals surface area contributed by atoms with E-state index in [9.17, 15) is 4.79 Å². The van der Waals surface area contributed by atoms with E-state index in [1.165, 1.54) is 0 Å². The Bertz CT molecular complexity index is 824. The normalized spacial score (nSPS) is 14.0. The monoisotopic (exact) mass is 456 g/mol. The zero-order valence-electron chi connectivity index (χ0n) is 20.7. The van der Waals surface area contributed by atoms with Gasteiger partial charge in [-0.3, -0.25) is 0 Å². The first-order valence-electron chi connectivity index (χ1n) is 11.1. The van der Waals surface area contributed by atoms with Crippen molar-refractivity contribution in [2.45, 2.75) is 53.3 Å². The molecule has 0 amide bonds. The molecule has 0 aliphatic rings. The minimum atomic E-state index is -0.607.